The van der Waals surface area contributed by atoms with Gasteiger partial charge >= 0.3 is 0 Å². The summed E-state index contributed by atoms with van der Waals surface area (Å²) < 4.78 is 14.5. The van der Waals surface area contributed by atoms with Crippen molar-refractivity contribution < 1.29 is 9.18 Å². The molecule has 0 saturated heterocycles. The molecule has 0 fully saturated rings. The fourth-order valence-electron chi connectivity index (χ4n) is 4.11. The minimum Gasteiger partial charge on any atom is -0.360 e. The monoisotopic (exact) mass is 504 g/mol. The number of aryl methyl sites for hydroxylation is 1. The summed E-state index contributed by atoms with van der Waals surface area (Å²) in [4.78, 5) is 26.0. The van der Waals surface area contributed by atoms with E-state index in [0.717, 1.165) is 32.7 Å². The van der Waals surface area contributed by atoms with Crippen LogP contribution in [0.5, 0.6) is 0 Å². The van der Waals surface area contributed by atoms with Gasteiger partial charge in [-0.2, -0.15) is 0 Å². The molecule has 176 valence electrons. The summed E-state index contributed by atoms with van der Waals surface area (Å²) in [7, 11) is 0. The number of hydrogen-bond acceptors (Lipinski definition) is 4. The van der Waals surface area contributed by atoms with Crippen LogP contribution in [-0.2, 0) is 13.0 Å². The zero-order chi connectivity index (χ0) is 24.5. The highest BCUT2D eigenvalue weighted by Gasteiger charge is 2.13. The van der Waals surface area contributed by atoms with E-state index in [1.165, 1.54) is 6.07 Å². The minimum absolute atomic E-state index is 0.0495. The smallest absolute Gasteiger partial charge is 0.251 e. The lowest BCUT2D eigenvalue weighted by Gasteiger charge is -2.10. The first-order valence-electron chi connectivity index (χ1n) is 11.0. The molecule has 0 aliphatic rings. The van der Waals surface area contributed by atoms with Crippen molar-refractivity contribution in [2.24, 2.45) is 0 Å². The maximum atomic E-state index is 14.5. The van der Waals surface area contributed by atoms with Gasteiger partial charge in [0.15, 0.2) is 0 Å². The van der Waals surface area contributed by atoms with Crippen LogP contribution >= 0.6 is 23.4 Å². The molecule has 0 bridgehead atoms. The normalized spacial score (nSPS) is 11.3. The average Bonchev–Trinajstić information content (AvgIpc) is 3.21. The molecule has 1 amide bonds. The lowest BCUT2D eigenvalue weighted by atomic mass is 10.0. The molecule has 35 heavy (non-hydrogen) atoms. The Hall–Kier alpha value is -3.42. The van der Waals surface area contributed by atoms with Gasteiger partial charge in [0.05, 0.1) is 10.5 Å². The van der Waals surface area contributed by atoms with Crippen LogP contribution in [0.25, 0.3) is 21.8 Å². The van der Waals surface area contributed by atoms with Gasteiger partial charge in [0.2, 0.25) is 0 Å². The highest BCUT2D eigenvalue weighted by atomic mass is 35.5. The van der Waals surface area contributed by atoms with Crippen molar-refractivity contribution in [2.45, 2.75) is 24.8 Å². The minimum atomic E-state index is -0.405. The molecule has 0 saturated carbocycles. The first-order chi connectivity index (χ1) is 16.9. The van der Waals surface area contributed by atoms with Crippen molar-refractivity contribution in [1.29, 1.82) is 0 Å². The summed E-state index contributed by atoms with van der Waals surface area (Å²) in [6, 6.07) is 14.8. The number of pyridine rings is 2. The van der Waals surface area contributed by atoms with E-state index < -0.39 is 5.82 Å². The van der Waals surface area contributed by atoms with E-state index >= 15 is 0 Å². The highest BCUT2D eigenvalue weighted by Crippen LogP contribution is 2.28. The number of amides is 1. The topological polar surface area (TPSA) is 70.7 Å². The van der Waals surface area contributed by atoms with E-state index in [2.05, 4.69) is 38.5 Å². The number of aromatic nitrogens is 3. The molecule has 0 unspecified atom stereocenters. The number of nitrogens with one attached hydrogen (secondary N) is 2. The third kappa shape index (κ3) is 4.88. The van der Waals surface area contributed by atoms with Gasteiger partial charge in [-0.15, -0.1) is 11.8 Å². The van der Waals surface area contributed by atoms with Crippen molar-refractivity contribution >= 4 is 51.1 Å². The highest BCUT2D eigenvalue weighted by molar-refractivity contribution is 7.98. The number of aromatic amines is 1. The first kappa shape index (κ1) is 23.3. The predicted molar refractivity (Wildman–Crippen MR) is 140 cm³/mol. The number of hydrogen-bond donors (Lipinski definition) is 2. The summed E-state index contributed by atoms with van der Waals surface area (Å²) >= 11 is 7.80. The molecule has 5 nitrogen and oxygen atoms in total. The summed E-state index contributed by atoms with van der Waals surface area (Å²) in [5.74, 6) is -0.700. The number of carbonyl (C=O) groups is 1. The van der Waals surface area contributed by atoms with Crippen molar-refractivity contribution in [3.05, 3.63) is 99.8 Å². The quantitative estimate of drug-likeness (QED) is 0.260. The number of carbonyl (C=O) groups excluding carboxylic acids is 1. The maximum Gasteiger partial charge on any atom is 0.251 e. The van der Waals surface area contributed by atoms with E-state index in [0.29, 0.717) is 33.5 Å². The van der Waals surface area contributed by atoms with Gasteiger partial charge in [0, 0.05) is 69.1 Å². The molecule has 3 heterocycles. The summed E-state index contributed by atoms with van der Waals surface area (Å²) in [5.41, 5.74) is 5.30. The molecule has 0 atom stereocenters. The lowest BCUT2D eigenvalue weighted by Crippen LogP contribution is -2.23. The Kier molecular flexibility index (Phi) is 6.45. The molecular weight excluding hydrogens is 483 g/mol. The van der Waals surface area contributed by atoms with Gasteiger partial charge in [0.1, 0.15) is 5.82 Å². The molecule has 5 rings (SSSR count). The van der Waals surface area contributed by atoms with Crippen LogP contribution in [0.4, 0.5) is 4.39 Å². The summed E-state index contributed by atoms with van der Waals surface area (Å²) in [6.45, 7) is 2.04. The van der Waals surface area contributed by atoms with Crippen LogP contribution in [0.15, 0.2) is 65.8 Å². The van der Waals surface area contributed by atoms with Crippen LogP contribution in [0.1, 0.15) is 32.9 Å². The second-order valence-corrected chi connectivity index (χ2v) is 9.60. The number of benzene rings is 2. The van der Waals surface area contributed by atoms with Crippen molar-refractivity contribution in [3.8, 4) is 0 Å². The summed E-state index contributed by atoms with van der Waals surface area (Å²) in [6.07, 6.45) is 5.85. The van der Waals surface area contributed by atoms with E-state index in [1.54, 1.807) is 42.4 Å². The Morgan fingerprint density at radius 3 is 2.86 bits per heavy atom. The fourth-order valence-corrected chi connectivity index (χ4v) is 4.95. The molecule has 5 aromatic rings. The molecule has 2 aromatic carbocycles. The molecule has 0 spiro atoms. The van der Waals surface area contributed by atoms with Gasteiger partial charge in [0.25, 0.3) is 5.91 Å². The van der Waals surface area contributed by atoms with Gasteiger partial charge < -0.3 is 10.3 Å². The molecular formula is C27H22ClFN4OS. The van der Waals surface area contributed by atoms with Gasteiger partial charge in [-0.1, -0.05) is 17.7 Å². The average molecular weight is 505 g/mol. The van der Waals surface area contributed by atoms with Crippen LogP contribution in [-0.4, -0.2) is 27.1 Å². The van der Waals surface area contributed by atoms with Gasteiger partial charge in [-0.3, -0.25) is 14.8 Å². The van der Waals surface area contributed by atoms with E-state index in [9.17, 15) is 9.18 Å². The Bertz CT molecular complexity index is 1580. The molecule has 2 N–H and O–H groups in total. The summed E-state index contributed by atoms with van der Waals surface area (Å²) in [5, 5.41) is 5.10. The predicted octanol–water partition coefficient (Wildman–Crippen LogP) is 6.45. The number of thioether (sulfide) groups is 1. The first-order valence-corrected chi connectivity index (χ1v) is 12.6. The van der Waals surface area contributed by atoms with Crippen molar-refractivity contribution in [3.63, 3.8) is 0 Å². The fraction of sp³-hybridized carbons (Fsp3) is 0.148. The molecule has 0 aliphatic heterocycles. The van der Waals surface area contributed by atoms with Gasteiger partial charge in [-0.25, -0.2) is 4.39 Å². The van der Waals surface area contributed by atoms with E-state index in [-0.39, 0.29) is 12.5 Å². The second-order valence-electron chi connectivity index (χ2n) is 8.34. The third-order valence-electron chi connectivity index (χ3n) is 5.88. The van der Waals surface area contributed by atoms with Gasteiger partial charge in [-0.05, 0) is 61.2 Å². The van der Waals surface area contributed by atoms with Crippen LogP contribution in [0.3, 0.4) is 0 Å². The largest absolute Gasteiger partial charge is 0.360 e. The second kappa shape index (κ2) is 9.68. The number of fused-ring (bicyclic) bond motifs is 2. The Morgan fingerprint density at radius 1 is 1.17 bits per heavy atom. The van der Waals surface area contributed by atoms with E-state index in [4.69, 9.17) is 11.6 Å². The van der Waals surface area contributed by atoms with Crippen LogP contribution in [0, 0.1) is 12.7 Å². The lowest BCUT2D eigenvalue weighted by molar-refractivity contribution is 0.0950. The third-order valence-corrected chi connectivity index (χ3v) is 6.94. The van der Waals surface area contributed by atoms with Crippen molar-refractivity contribution in [2.75, 3.05) is 6.26 Å². The Balaban J connectivity index is 1.33. The SMILES string of the molecule is CSc1cc(Cc2cc(C(=O)NCc3cc4c(Cl)c[nH]c4cc3F)ccn2)cc2ccc(C)nc12. The number of nitrogens with zero attached hydrogens (tertiary/aromatic N) is 2. The van der Waals surface area contributed by atoms with Crippen LogP contribution < -0.4 is 5.32 Å². The molecule has 8 heteroatoms. The maximum absolute atomic E-state index is 14.5. The molecule has 0 aliphatic carbocycles. The number of halogens is 2. The Labute approximate surface area is 211 Å². The van der Waals surface area contributed by atoms with E-state index in [1.807, 2.05) is 19.2 Å². The number of rotatable bonds is 6. The Morgan fingerprint density at radius 2 is 2.03 bits per heavy atom. The molecule has 3 aromatic heterocycles. The zero-order valence-corrected chi connectivity index (χ0v) is 20.7. The standard InChI is InChI=1S/C27H22ClFN4OS/c1-15-3-4-17-7-16(9-25(35-2)26(17)33-15)8-20-10-18(5-6-30-20)27(34)32-13-19-11-21-22(28)14-31-24(21)12-23(19)29/h3-7,9-12,14,31H,8,13H2,1-2H3,(H,32,34). The number of H-pyrrole nitrogens is 1. The van der Waals surface area contributed by atoms with Crippen molar-refractivity contribution in [1.82, 2.24) is 20.3 Å². The van der Waals surface area contributed by atoms with Crippen LogP contribution in [0.2, 0.25) is 5.02 Å². The zero-order valence-electron chi connectivity index (χ0n) is 19.2. The molecule has 0 radical (unpaired) electrons.